The van der Waals surface area contributed by atoms with Crippen LogP contribution in [-0.2, 0) is 14.4 Å². The molecule has 0 N–H and O–H groups in total. The number of hydrogen-bond acceptors (Lipinski definition) is 3. The van der Waals surface area contributed by atoms with E-state index < -0.39 is 0 Å². The van der Waals surface area contributed by atoms with Crippen LogP contribution in [0, 0.1) is 34.5 Å². The third-order valence-electron chi connectivity index (χ3n) is 8.00. The highest BCUT2D eigenvalue weighted by atomic mass is 16.1. The lowest BCUT2D eigenvalue weighted by molar-refractivity contribution is -0.158. The molecular weight excluding hydrogens is 276 g/mol. The van der Waals surface area contributed by atoms with E-state index in [1.54, 1.807) is 0 Å². The van der Waals surface area contributed by atoms with E-state index in [9.17, 15) is 14.4 Å². The molecule has 120 valence electrons. The predicted molar refractivity (Wildman–Crippen MR) is 82.1 cm³/mol. The van der Waals surface area contributed by atoms with E-state index in [-0.39, 0.29) is 28.6 Å². The molecule has 0 saturated heterocycles. The molecule has 0 aromatic carbocycles. The average Bonchev–Trinajstić information content (AvgIpc) is 2.77. The summed E-state index contributed by atoms with van der Waals surface area (Å²) in [5.74, 6) is 2.08. The summed E-state index contributed by atoms with van der Waals surface area (Å²) in [4.78, 5) is 37.1. The van der Waals surface area contributed by atoms with Crippen LogP contribution in [-0.4, -0.2) is 17.3 Å². The Morgan fingerprint density at radius 3 is 2.45 bits per heavy atom. The zero-order valence-electron chi connectivity index (χ0n) is 13.7. The first-order valence-electron chi connectivity index (χ1n) is 8.94. The van der Waals surface area contributed by atoms with E-state index in [4.69, 9.17) is 0 Å². The van der Waals surface area contributed by atoms with E-state index >= 15 is 0 Å². The number of carbonyl (C=O) groups is 3. The molecule has 0 aromatic heterocycles. The number of Topliss-reactive ketones (excluding diaryl/α,β-unsaturated/α-hetero) is 3. The van der Waals surface area contributed by atoms with Crippen molar-refractivity contribution in [1.29, 1.82) is 0 Å². The molecule has 6 atom stereocenters. The SMILES string of the molecule is C[C@]12CCC(=O)C[C@H]1CC(=O)[C@H]1[C@H]2CC[C@@]2(C)C(=O)CC[C@H]12. The molecular formula is C19H26O3. The molecule has 0 spiro atoms. The van der Waals surface area contributed by atoms with Crippen molar-refractivity contribution in [2.45, 2.75) is 65.2 Å². The van der Waals surface area contributed by atoms with Crippen LogP contribution < -0.4 is 0 Å². The van der Waals surface area contributed by atoms with Gasteiger partial charge in [0.05, 0.1) is 0 Å². The van der Waals surface area contributed by atoms with Crippen LogP contribution in [0.4, 0.5) is 0 Å². The molecule has 0 amide bonds. The summed E-state index contributed by atoms with van der Waals surface area (Å²) in [5.41, 5.74) is -0.107. The van der Waals surface area contributed by atoms with Crippen LogP contribution in [0.2, 0.25) is 0 Å². The van der Waals surface area contributed by atoms with Crippen molar-refractivity contribution in [3.63, 3.8) is 0 Å². The molecule has 3 nitrogen and oxygen atoms in total. The summed E-state index contributed by atoms with van der Waals surface area (Å²) in [6.45, 7) is 4.43. The van der Waals surface area contributed by atoms with Crippen molar-refractivity contribution < 1.29 is 14.4 Å². The summed E-state index contributed by atoms with van der Waals surface area (Å²) < 4.78 is 0. The van der Waals surface area contributed by atoms with Gasteiger partial charge in [-0.05, 0) is 48.9 Å². The highest BCUT2D eigenvalue weighted by Gasteiger charge is 2.62. The van der Waals surface area contributed by atoms with Gasteiger partial charge in [0.2, 0.25) is 0 Å². The summed E-state index contributed by atoms with van der Waals surface area (Å²) in [6, 6.07) is 0. The molecule has 0 radical (unpaired) electrons. The van der Waals surface area contributed by atoms with E-state index in [2.05, 4.69) is 13.8 Å². The Hall–Kier alpha value is -0.990. The van der Waals surface area contributed by atoms with Crippen molar-refractivity contribution in [1.82, 2.24) is 0 Å². The Kier molecular flexibility index (Phi) is 3.00. The number of carbonyl (C=O) groups excluding carboxylic acids is 3. The number of hydrogen-bond donors (Lipinski definition) is 0. The summed E-state index contributed by atoms with van der Waals surface area (Å²) in [6.07, 6.45) is 6.32. The third-order valence-corrected chi connectivity index (χ3v) is 8.00. The van der Waals surface area contributed by atoms with Crippen molar-refractivity contribution >= 4 is 17.3 Å². The molecule has 4 aliphatic rings. The summed E-state index contributed by atoms with van der Waals surface area (Å²) >= 11 is 0. The van der Waals surface area contributed by atoms with Crippen LogP contribution >= 0.6 is 0 Å². The zero-order valence-corrected chi connectivity index (χ0v) is 13.7. The van der Waals surface area contributed by atoms with Gasteiger partial charge in [-0.15, -0.1) is 0 Å². The van der Waals surface area contributed by atoms with Crippen molar-refractivity contribution in [3.8, 4) is 0 Å². The van der Waals surface area contributed by atoms with Gasteiger partial charge in [-0.2, -0.15) is 0 Å². The standard InChI is InChI=1S/C19H26O3/c1-18-7-5-12(20)9-11(18)10-15(21)17-13-3-4-16(22)19(13,2)8-6-14(17)18/h11,13-14,17H,3-10H2,1-2H3/t11-,13+,14+,17+,18-,19+/m0/s1. The van der Waals surface area contributed by atoms with Gasteiger partial charge in [0.25, 0.3) is 0 Å². The minimum absolute atomic E-state index is 0.0830. The number of fused-ring (bicyclic) bond motifs is 5. The van der Waals surface area contributed by atoms with E-state index in [1.807, 2.05) is 0 Å². The minimum Gasteiger partial charge on any atom is -0.300 e. The van der Waals surface area contributed by atoms with Crippen LogP contribution in [0.5, 0.6) is 0 Å². The molecule has 22 heavy (non-hydrogen) atoms. The Balaban J connectivity index is 1.72. The van der Waals surface area contributed by atoms with Crippen LogP contribution in [0.25, 0.3) is 0 Å². The largest absolute Gasteiger partial charge is 0.300 e. The lowest BCUT2D eigenvalue weighted by atomic mass is 9.45. The van der Waals surface area contributed by atoms with E-state index in [1.165, 1.54) is 0 Å². The van der Waals surface area contributed by atoms with Gasteiger partial charge in [-0.1, -0.05) is 13.8 Å². The Bertz CT molecular complexity index is 565. The molecule has 3 heteroatoms. The molecule has 4 rings (SSSR count). The minimum atomic E-state index is -0.246. The monoisotopic (exact) mass is 302 g/mol. The van der Waals surface area contributed by atoms with Gasteiger partial charge in [-0.25, -0.2) is 0 Å². The Labute approximate surface area is 132 Å². The number of rotatable bonds is 0. The summed E-state index contributed by atoms with van der Waals surface area (Å²) in [5, 5.41) is 0. The van der Waals surface area contributed by atoms with Gasteiger partial charge >= 0.3 is 0 Å². The average molecular weight is 302 g/mol. The molecule has 0 heterocycles. The van der Waals surface area contributed by atoms with Crippen LogP contribution in [0.15, 0.2) is 0 Å². The first kappa shape index (κ1) is 14.6. The summed E-state index contributed by atoms with van der Waals surface area (Å²) in [7, 11) is 0. The van der Waals surface area contributed by atoms with Gasteiger partial charge < -0.3 is 0 Å². The van der Waals surface area contributed by atoms with E-state index in [0.717, 1.165) is 25.7 Å². The molecule has 4 aliphatic carbocycles. The Morgan fingerprint density at radius 1 is 0.909 bits per heavy atom. The normalized spacial score (nSPS) is 51.3. The molecule has 4 fully saturated rings. The quantitative estimate of drug-likeness (QED) is 0.689. The van der Waals surface area contributed by atoms with Crippen molar-refractivity contribution in [2.24, 2.45) is 34.5 Å². The Morgan fingerprint density at radius 2 is 1.68 bits per heavy atom. The first-order chi connectivity index (χ1) is 10.4. The van der Waals surface area contributed by atoms with Gasteiger partial charge in [0.15, 0.2) is 0 Å². The maximum atomic E-state index is 12.9. The first-order valence-corrected chi connectivity index (χ1v) is 8.94. The predicted octanol–water partition coefficient (Wildman–Crippen LogP) is 3.35. The second-order valence-corrected chi connectivity index (χ2v) is 8.77. The topological polar surface area (TPSA) is 51.2 Å². The molecule has 0 aliphatic heterocycles. The second-order valence-electron chi connectivity index (χ2n) is 8.77. The second kappa shape index (κ2) is 4.52. The highest BCUT2D eigenvalue weighted by molar-refractivity contribution is 5.91. The van der Waals surface area contributed by atoms with Crippen LogP contribution in [0.3, 0.4) is 0 Å². The molecule has 0 bridgehead atoms. The highest BCUT2D eigenvalue weighted by Crippen LogP contribution is 2.64. The van der Waals surface area contributed by atoms with Gasteiger partial charge in [-0.3, -0.25) is 14.4 Å². The lowest BCUT2D eigenvalue weighted by Crippen LogP contribution is -2.57. The maximum absolute atomic E-state index is 12.9. The van der Waals surface area contributed by atoms with Crippen LogP contribution in [0.1, 0.15) is 65.2 Å². The van der Waals surface area contributed by atoms with Crippen molar-refractivity contribution in [3.05, 3.63) is 0 Å². The molecule has 4 saturated carbocycles. The molecule has 0 unspecified atom stereocenters. The van der Waals surface area contributed by atoms with Gasteiger partial charge in [0.1, 0.15) is 17.3 Å². The fourth-order valence-corrected chi connectivity index (χ4v) is 6.50. The van der Waals surface area contributed by atoms with E-state index in [0.29, 0.717) is 49.0 Å². The fraction of sp³-hybridized carbons (Fsp3) is 0.842. The maximum Gasteiger partial charge on any atom is 0.139 e. The fourth-order valence-electron chi connectivity index (χ4n) is 6.50. The zero-order chi connectivity index (χ0) is 15.7. The van der Waals surface area contributed by atoms with Gasteiger partial charge in [0, 0.05) is 37.0 Å². The lowest BCUT2D eigenvalue weighted by Gasteiger charge is -2.58. The molecule has 0 aromatic rings. The van der Waals surface area contributed by atoms with Crippen molar-refractivity contribution in [2.75, 3.05) is 0 Å². The third kappa shape index (κ3) is 1.71. The smallest absolute Gasteiger partial charge is 0.139 e. The number of ketones is 3.